The molecule has 19 heavy (non-hydrogen) atoms. The van der Waals surface area contributed by atoms with E-state index in [4.69, 9.17) is 4.74 Å². The van der Waals surface area contributed by atoms with Gasteiger partial charge in [0, 0.05) is 21.5 Å². The summed E-state index contributed by atoms with van der Waals surface area (Å²) in [6.07, 6.45) is 1.73. The number of nitrogens with zero attached hydrogens (tertiary/aromatic N) is 1. The molecule has 3 heterocycles. The largest absolute Gasteiger partial charge is 0.446 e. The molecule has 1 aliphatic rings. The second kappa shape index (κ2) is 3.54. The Bertz CT molecular complexity index is 838. The van der Waals surface area contributed by atoms with Crippen molar-refractivity contribution in [1.82, 2.24) is 0 Å². The summed E-state index contributed by atoms with van der Waals surface area (Å²) in [6.45, 7) is 2.05. The lowest BCUT2D eigenvalue weighted by atomic mass is 9.98. The van der Waals surface area contributed by atoms with Crippen LogP contribution in [0.3, 0.4) is 0 Å². The van der Waals surface area contributed by atoms with Gasteiger partial charge in [0.05, 0.1) is 5.56 Å². The average molecular weight is 272 g/mol. The third-order valence-corrected chi connectivity index (χ3v) is 4.52. The molecule has 0 bridgehead atoms. The molecule has 3 aromatic rings. The first-order chi connectivity index (χ1) is 9.16. The van der Waals surface area contributed by atoms with Crippen LogP contribution in [0.25, 0.3) is 21.3 Å². The maximum Gasteiger partial charge on any atom is 0.259 e. The molecule has 0 unspecified atom stereocenters. The Balaban J connectivity index is 2.25. The molecule has 0 fully saturated rings. The van der Waals surface area contributed by atoms with Gasteiger partial charge in [0.25, 0.3) is 5.69 Å². The molecule has 0 spiro atoms. The van der Waals surface area contributed by atoms with Gasteiger partial charge in [-0.05, 0) is 18.6 Å². The number of halogens is 1. The highest BCUT2D eigenvalue weighted by molar-refractivity contribution is 7.17. The van der Waals surface area contributed by atoms with Crippen molar-refractivity contribution in [2.75, 3.05) is 0 Å². The Morgan fingerprint density at radius 2 is 2.11 bits per heavy atom. The Morgan fingerprint density at radius 3 is 2.95 bits per heavy atom. The lowest BCUT2D eigenvalue weighted by molar-refractivity contribution is -0.660. The summed E-state index contributed by atoms with van der Waals surface area (Å²) < 4.78 is 22.9. The molecule has 1 aromatic carbocycles. The number of rotatable bonds is 0. The molecule has 0 saturated heterocycles. The smallest absolute Gasteiger partial charge is 0.259 e. The van der Waals surface area contributed by atoms with E-state index in [-0.39, 0.29) is 5.82 Å². The highest BCUT2D eigenvalue weighted by atomic mass is 32.1. The molecule has 1 aliphatic heterocycles. The van der Waals surface area contributed by atoms with E-state index in [0.29, 0.717) is 5.75 Å². The predicted octanol–water partition coefficient (Wildman–Crippen LogP) is 3.95. The molecular weight excluding hydrogens is 261 g/mol. The topological polar surface area (TPSA) is 13.1 Å². The summed E-state index contributed by atoms with van der Waals surface area (Å²) in [5.74, 6) is 0.768. The number of pyridine rings is 1. The number of thiophene rings is 1. The summed E-state index contributed by atoms with van der Waals surface area (Å²) in [7, 11) is 1.91. The van der Waals surface area contributed by atoms with Gasteiger partial charge in [0.1, 0.15) is 12.8 Å². The number of hydrogen-bond acceptors (Lipinski definition) is 2. The number of hydrogen-bond donors (Lipinski definition) is 0. The standard InChI is InChI=1S/C15H11FNOS/c1-8-3-4-11-13-10(7-19-11)18-15-9(16)5-6-17(2)14(15)12(8)13/h3-7H,1-2H3/q+1. The number of aromatic nitrogens is 1. The normalized spacial score (nSPS) is 12.4. The third-order valence-electron chi connectivity index (χ3n) is 3.59. The minimum absolute atomic E-state index is 0.318. The molecule has 0 N–H and O–H groups in total. The van der Waals surface area contributed by atoms with E-state index in [1.165, 1.54) is 10.8 Å². The van der Waals surface area contributed by atoms with Gasteiger partial charge in [-0.1, -0.05) is 6.07 Å². The fourth-order valence-corrected chi connectivity index (χ4v) is 3.55. The van der Waals surface area contributed by atoms with Gasteiger partial charge in [-0.15, -0.1) is 11.3 Å². The Labute approximate surface area is 113 Å². The van der Waals surface area contributed by atoms with Crippen LogP contribution in [0.2, 0.25) is 0 Å². The van der Waals surface area contributed by atoms with Crippen LogP contribution in [0.5, 0.6) is 11.5 Å². The van der Waals surface area contributed by atoms with Crippen LogP contribution in [0, 0.1) is 12.7 Å². The van der Waals surface area contributed by atoms with Crippen molar-refractivity contribution in [3.8, 4) is 22.8 Å². The van der Waals surface area contributed by atoms with Crippen LogP contribution in [0.15, 0.2) is 29.8 Å². The van der Waals surface area contributed by atoms with Gasteiger partial charge in [-0.25, -0.2) is 4.39 Å². The van der Waals surface area contributed by atoms with Crippen LogP contribution in [0.4, 0.5) is 4.39 Å². The van der Waals surface area contributed by atoms with Crippen LogP contribution < -0.4 is 9.30 Å². The van der Waals surface area contributed by atoms with E-state index in [9.17, 15) is 4.39 Å². The zero-order chi connectivity index (χ0) is 13.1. The van der Waals surface area contributed by atoms with Crippen molar-refractivity contribution in [2.45, 2.75) is 6.92 Å². The van der Waals surface area contributed by atoms with Gasteiger partial charge in [0.2, 0.25) is 5.75 Å². The fourth-order valence-electron chi connectivity index (χ4n) is 2.68. The summed E-state index contributed by atoms with van der Waals surface area (Å²) in [4.78, 5) is 0. The summed E-state index contributed by atoms with van der Waals surface area (Å²) in [5, 5.41) is 3.04. The van der Waals surface area contributed by atoms with Crippen molar-refractivity contribution in [1.29, 1.82) is 0 Å². The Kier molecular flexibility index (Phi) is 2.04. The number of aryl methyl sites for hydroxylation is 2. The van der Waals surface area contributed by atoms with Gasteiger partial charge in [-0.2, -0.15) is 4.57 Å². The van der Waals surface area contributed by atoms with E-state index in [1.807, 2.05) is 17.0 Å². The SMILES string of the molecule is Cc1ccc2scc3c2c1-c1c(c(F)cc[n+]1C)O3. The molecule has 4 rings (SSSR count). The van der Waals surface area contributed by atoms with Gasteiger partial charge < -0.3 is 4.74 Å². The van der Waals surface area contributed by atoms with Crippen molar-refractivity contribution < 1.29 is 13.7 Å². The monoisotopic (exact) mass is 272 g/mol. The summed E-state index contributed by atoms with van der Waals surface area (Å²) >= 11 is 1.63. The second-order valence-corrected chi connectivity index (χ2v) is 5.70. The van der Waals surface area contributed by atoms with E-state index < -0.39 is 0 Å². The lowest BCUT2D eigenvalue weighted by Crippen LogP contribution is -2.32. The van der Waals surface area contributed by atoms with Crippen molar-refractivity contribution in [3.63, 3.8) is 0 Å². The van der Waals surface area contributed by atoms with Crippen LogP contribution in [0.1, 0.15) is 5.56 Å². The molecule has 0 atom stereocenters. The molecule has 0 radical (unpaired) electrons. The Hall–Kier alpha value is -1.94. The molecular formula is C15H11FNOS+. The summed E-state index contributed by atoms with van der Waals surface area (Å²) in [6, 6.07) is 5.61. The average Bonchev–Trinajstić information content (AvgIpc) is 2.81. The Morgan fingerprint density at radius 1 is 1.26 bits per heavy atom. The number of ether oxygens (including phenoxy) is 1. The van der Waals surface area contributed by atoms with E-state index >= 15 is 0 Å². The van der Waals surface area contributed by atoms with Gasteiger partial charge in [-0.3, -0.25) is 0 Å². The first kappa shape index (κ1) is 10.9. The number of benzene rings is 1. The summed E-state index contributed by atoms with van der Waals surface area (Å²) in [5.41, 5.74) is 3.03. The van der Waals surface area contributed by atoms with Gasteiger partial charge >= 0.3 is 0 Å². The maximum atomic E-state index is 14.0. The highest BCUT2D eigenvalue weighted by Gasteiger charge is 2.32. The minimum atomic E-state index is -0.318. The third kappa shape index (κ3) is 1.32. The highest BCUT2D eigenvalue weighted by Crippen LogP contribution is 2.49. The molecule has 0 amide bonds. The molecule has 2 aromatic heterocycles. The van der Waals surface area contributed by atoms with Crippen LogP contribution in [-0.2, 0) is 7.05 Å². The molecule has 94 valence electrons. The number of fused-ring (bicyclic) bond motifs is 2. The first-order valence-corrected chi connectivity index (χ1v) is 6.92. The minimum Gasteiger partial charge on any atom is -0.446 e. The van der Waals surface area contributed by atoms with Crippen molar-refractivity contribution in [2.24, 2.45) is 7.05 Å². The van der Waals surface area contributed by atoms with Crippen LogP contribution >= 0.6 is 11.3 Å². The maximum absolute atomic E-state index is 14.0. The molecule has 0 saturated carbocycles. The van der Waals surface area contributed by atoms with E-state index in [1.54, 1.807) is 17.5 Å². The predicted molar refractivity (Wildman–Crippen MR) is 73.2 cm³/mol. The van der Waals surface area contributed by atoms with Crippen LogP contribution in [-0.4, -0.2) is 0 Å². The zero-order valence-corrected chi connectivity index (χ0v) is 11.3. The molecule has 2 nitrogen and oxygen atoms in total. The quantitative estimate of drug-likeness (QED) is 0.442. The van der Waals surface area contributed by atoms with Gasteiger partial charge in [0.15, 0.2) is 12.0 Å². The molecule has 4 heteroatoms. The van der Waals surface area contributed by atoms with Crippen molar-refractivity contribution >= 4 is 21.4 Å². The molecule has 0 aliphatic carbocycles. The van der Waals surface area contributed by atoms with E-state index in [0.717, 1.165) is 28.0 Å². The fraction of sp³-hybridized carbons (Fsp3) is 0.133. The van der Waals surface area contributed by atoms with Crippen molar-refractivity contribution in [3.05, 3.63) is 41.2 Å². The zero-order valence-electron chi connectivity index (χ0n) is 10.5. The van der Waals surface area contributed by atoms with E-state index in [2.05, 4.69) is 19.1 Å². The first-order valence-electron chi connectivity index (χ1n) is 6.04. The second-order valence-electron chi connectivity index (χ2n) is 4.78. The lowest BCUT2D eigenvalue weighted by Gasteiger charge is -2.17.